The minimum atomic E-state index is -0.501. The minimum Gasteiger partial charge on any atom is -0.444 e. The molecule has 1 aromatic heterocycles. The molecule has 1 aromatic rings. The number of nitrogens with zero attached hydrogens (tertiary/aromatic N) is 2. The molecule has 7 heteroatoms. The summed E-state index contributed by atoms with van der Waals surface area (Å²) in [6.07, 6.45) is 1.17. The van der Waals surface area contributed by atoms with Crippen LogP contribution in [0.4, 0.5) is 10.6 Å². The van der Waals surface area contributed by atoms with Gasteiger partial charge in [-0.25, -0.2) is 9.78 Å². The number of Topliss-reactive ketones (excluding diaryl/α,β-unsaturated/α-hetero) is 1. The van der Waals surface area contributed by atoms with Gasteiger partial charge < -0.3 is 15.0 Å². The van der Waals surface area contributed by atoms with E-state index < -0.39 is 5.60 Å². The molecule has 0 radical (unpaired) electrons. The molecule has 6 nitrogen and oxygen atoms in total. The molecule has 0 saturated carbocycles. The number of anilines is 1. The smallest absolute Gasteiger partial charge is 0.407 e. The molecule has 0 bridgehead atoms. The predicted octanol–water partition coefficient (Wildman–Crippen LogP) is 3.43. The van der Waals surface area contributed by atoms with Crippen molar-refractivity contribution in [2.45, 2.75) is 52.2 Å². The average Bonchev–Trinajstić information content (AvgIpc) is 2.45. The number of hydrogen-bond donors (Lipinski definition) is 1. The van der Waals surface area contributed by atoms with E-state index >= 15 is 0 Å². The van der Waals surface area contributed by atoms with Crippen molar-refractivity contribution in [2.75, 3.05) is 18.0 Å². The van der Waals surface area contributed by atoms with Crippen LogP contribution in [0.25, 0.3) is 0 Å². The number of ether oxygens (including phenoxy) is 1. The Bertz CT molecular complexity index is 620. The normalized spacial score (nSPS) is 16.0. The van der Waals surface area contributed by atoms with Crippen molar-refractivity contribution in [3.05, 3.63) is 22.8 Å². The second-order valence-electron chi connectivity index (χ2n) is 7.00. The third-order valence-electron chi connectivity index (χ3n) is 3.73. The molecule has 2 heterocycles. The molecular weight excluding hydrogens is 330 g/mol. The fourth-order valence-electron chi connectivity index (χ4n) is 2.58. The largest absolute Gasteiger partial charge is 0.444 e. The second-order valence-corrected chi connectivity index (χ2v) is 7.39. The molecule has 0 unspecified atom stereocenters. The van der Waals surface area contributed by atoms with Gasteiger partial charge in [0, 0.05) is 24.7 Å². The summed E-state index contributed by atoms with van der Waals surface area (Å²) in [7, 11) is 0. The van der Waals surface area contributed by atoms with Crippen molar-refractivity contribution in [1.29, 1.82) is 0 Å². The number of amides is 1. The zero-order valence-corrected chi connectivity index (χ0v) is 15.3. The molecule has 1 aliphatic heterocycles. The molecule has 132 valence electrons. The van der Waals surface area contributed by atoms with Crippen LogP contribution in [0.1, 0.15) is 50.9 Å². The number of aromatic nitrogens is 1. The summed E-state index contributed by atoms with van der Waals surface area (Å²) in [5.74, 6) is 0.658. The van der Waals surface area contributed by atoms with E-state index in [9.17, 15) is 9.59 Å². The Hall–Kier alpha value is -1.82. The summed E-state index contributed by atoms with van der Waals surface area (Å²) in [6, 6.07) is 3.41. The Morgan fingerprint density at radius 1 is 1.29 bits per heavy atom. The number of carbonyl (C=O) groups excluding carboxylic acids is 2. The zero-order chi connectivity index (χ0) is 17.9. The fraction of sp³-hybridized carbons (Fsp3) is 0.588. The topological polar surface area (TPSA) is 71.5 Å². The summed E-state index contributed by atoms with van der Waals surface area (Å²) in [4.78, 5) is 29.8. The van der Waals surface area contributed by atoms with E-state index in [1.165, 1.54) is 6.92 Å². The van der Waals surface area contributed by atoms with Crippen LogP contribution in [-0.2, 0) is 4.74 Å². The average molecular weight is 354 g/mol. The monoisotopic (exact) mass is 353 g/mol. The van der Waals surface area contributed by atoms with Gasteiger partial charge in [0.15, 0.2) is 5.78 Å². The quantitative estimate of drug-likeness (QED) is 0.665. The number of ketones is 1. The summed E-state index contributed by atoms with van der Waals surface area (Å²) in [6.45, 7) is 8.48. The van der Waals surface area contributed by atoms with Crippen LogP contribution in [0.15, 0.2) is 12.1 Å². The van der Waals surface area contributed by atoms with Crippen LogP contribution < -0.4 is 10.2 Å². The van der Waals surface area contributed by atoms with Crippen LogP contribution in [-0.4, -0.2) is 41.6 Å². The van der Waals surface area contributed by atoms with Crippen LogP contribution in [0.5, 0.6) is 0 Å². The van der Waals surface area contributed by atoms with Crippen molar-refractivity contribution < 1.29 is 14.3 Å². The summed E-state index contributed by atoms with van der Waals surface area (Å²) >= 11 is 6.01. The first kappa shape index (κ1) is 18.5. The van der Waals surface area contributed by atoms with Gasteiger partial charge in [0.1, 0.15) is 16.6 Å². The Labute approximate surface area is 147 Å². The van der Waals surface area contributed by atoms with E-state index in [2.05, 4.69) is 15.2 Å². The van der Waals surface area contributed by atoms with Gasteiger partial charge in [-0.2, -0.15) is 0 Å². The summed E-state index contributed by atoms with van der Waals surface area (Å²) in [5, 5.41) is 3.21. The molecular formula is C17H24ClN3O3. The Kier molecular flexibility index (Phi) is 5.70. The third kappa shape index (κ3) is 5.37. The van der Waals surface area contributed by atoms with Crippen molar-refractivity contribution in [1.82, 2.24) is 10.3 Å². The van der Waals surface area contributed by atoms with Gasteiger partial charge in [-0.15, -0.1) is 0 Å². The molecule has 2 rings (SSSR count). The highest BCUT2D eigenvalue weighted by Gasteiger charge is 2.24. The lowest BCUT2D eigenvalue weighted by atomic mass is 10.0. The maximum atomic E-state index is 11.8. The maximum absolute atomic E-state index is 11.8. The predicted molar refractivity (Wildman–Crippen MR) is 93.9 cm³/mol. The standard InChI is InChI=1S/C17H24ClN3O3/c1-11(22)12-9-14(18)20-15(10-12)21-7-5-13(6-8-21)19-16(23)24-17(2,3)4/h9-10,13H,5-8H2,1-4H3,(H,19,23). The number of pyridine rings is 1. The van der Waals surface area contributed by atoms with Gasteiger partial charge >= 0.3 is 6.09 Å². The molecule has 0 aromatic carbocycles. The number of hydrogen-bond acceptors (Lipinski definition) is 5. The van der Waals surface area contributed by atoms with Gasteiger partial charge in [-0.3, -0.25) is 4.79 Å². The number of piperidine rings is 1. The first-order valence-electron chi connectivity index (χ1n) is 8.07. The lowest BCUT2D eigenvalue weighted by molar-refractivity contribution is 0.0497. The Balaban J connectivity index is 1.93. The SMILES string of the molecule is CC(=O)c1cc(Cl)nc(N2CCC(NC(=O)OC(C)(C)C)CC2)c1. The Morgan fingerprint density at radius 3 is 2.46 bits per heavy atom. The van der Waals surface area contributed by atoms with E-state index in [4.69, 9.17) is 16.3 Å². The van der Waals surface area contributed by atoms with Crippen molar-refractivity contribution in [3.8, 4) is 0 Å². The summed E-state index contributed by atoms with van der Waals surface area (Å²) < 4.78 is 5.28. The highest BCUT2D eigenvalue weighted by molar-refractivity contribution is 6.29. The van der Waals surface area contributed by atoms with Crippen molar-refractivity contribution >= 4 is 29.3 Å². The molecule has 1 amide bonds. The molecule has 0 atom stereocenters. The number of rotatable bonds is 3. The van der Waals surface area contributed by atoms with Crippen LogP contribution >= 0.6 is 11.6 Å². The molecule has 1 saturated heterocycles. The van der Waals surface area contributed by atoms with E-state index in [0.29, 0.717) is 16.5 Å². The first-order chi connectivity index (χ1) is 11.1. The van der Waals surface area contributed by atoms with Gasteiger partial charge in [-0.1, -0.05) is 11.6 Å². The highest BCUT2D eigenvalue weighted by Crippen LogP contribution is 2.22. The van der Waals surface area contributed by atoms with Crippen molar-refractivity contribution in [2.24, 2.45) is 0 Å². The van der Waals surface area contributed by atoms with E-state index in [1.807, 2.05) is 20.8 Å². The van der Waals surface area contributed by atoms with E-state index in [-0.39, 0.29) is 17.9 Å². The van der Waals surface area contributed by atoms with Gasteiger partial charge in [0.05, 0.1) is 0 Å². The number of halogens is 1. The van der Waals surface area contributed by atoms with Crippen LogP contribution in [0.2, 0.25) is 5.15 Å². The third-order valence-corrected chi connectivity index (χ3v) is 3.92. The molecule has 1 aliphatic rings. The van der Waals surface area contributed by atoms with Crippen molar-refractivity contribution in [3.63, 3.8) is 0 Å². The zero-order valence-electron chi connectivity index (χ0n) is 14.6. The molecule has 24 heavy (non-hydrogen) atoms. The first-order valence-corrected chi connectivity index (χ1v) is 8.45. The molecule has 0 aliphatic carbocycles. The molecule has 1 N–H and O–H groups in total. The van der Waals surface area contributed by atoms with E-state index in [1.54, 1.807) is 12.1 Å². The highest BCUT2D eigenvalue weighted by atomic mass is 35.5. The Morgan fingerprint density at radius 2 is 1.92 bits per heavy atom. The maximum Gasteiger partial charge on any atom is 0.407 e. The van der Waals surface area contributed by atoms with Crippen LogP contribution in [0.3, 0.4) is 0 Å². The lowest BCUT2D eigenvalue weighted by Gasteiger charge is -2.33. The lowest BCUT2D eigenvalue weighted by Crippen LogP contribution is -2.46. The second kappa shape index (κ2) is 7.38. The molecule has 1 fully saturated rings. The van der Waals surface area contributed by atoms with Gasteiger partial charge in [0.2, 0.25) is 0 Å². The number of alkyl carbamates (subject to hydrolysis) is 1. The number of nitrogens with one attached hydrogen (secondary N) is 1. The molecule has 0 spiro atoms. The number of carbonyl (C=O) groups is 2. The van der Waals surface area contributed by atoms with E-state index in [0.717, 1.165) is 25.9 Å². The fourth-order valence-corrected chi connectivity index (χ4v) is 2.78. The minimum absolute atomic E-state index is 0.0398. The van der Waals surface area contributed by atoms with Gasteiger partial charge in [0.25, 0.3) is 0 Å². The summed E-state index contributed by atoms with van der Waals surface area (Å²) in [5.41, 5.74) is 0.0532. The van der Waals surface area contributed by atoms with Gasteiger partial charge in [-0.05, 0) is 52.7 Å². The van der Waals surface area contributed by atoms with Crippen LogP contribution in [0, 0.1) is 0 Å².